The van der Waals surface area contributed by atoms with Gasteiger partial charge in [-0.15, -0.1) is 0 Å². The molecule has 0 bridgehead atoms. The molecule has 2 aliphatic rings. The lowest BCUT2D eigenvalue weighted by molar-refractivity contribution is -0.121. The van der Waals surface area contributed by atoms with E-state index in [1.165, 1.54) is 6.92 Å². The molecule has 1 aromatic carbocycles. The molecule has 0 atom stereocenters. The number of aryl methyl sites for hydroxylation is 1. The molecule has 4 rings (SSSR count). The number of anilines is 2. The highest BCUT2D eigenvalue weighted by Gasteiger charge is 2.38. The van der Waals surface area contributed by atoms with Gasteiger partial charge in [-0.25, -0.2) is 0 Å². The van der Waals surface area contributed by atoms with Crippen LogP contribution in [0.25, 0.3) is 0 Å². The summed E-state index contributed by atoms with van der Waals surface area (Å²) in [5.41, 5.74) is 1.31. The molecule has 190 valence electrons. The van der Waals surface area contributed by atoms with Gasteiger partial charge in [0.25, 0.3) is 0 Å². The molecule has 2 N–H and O–H groups in total. The molecule has 2 fully saturated rings. The van der Waals surface area contributed by atoms with E-state index < -0.39 is 5.54 Å². The molecule has 9 heteroatoms. The molecular formula is C26H38N6O3. The summed E-state index contributed by atoms with van der Waals surface area (Å²) in [4.78, 5) is 34.1. The first-order valence-electron chi connectivity index (χ1n) is 13.0. The molecule has 1 saturated heterocycles. The topological polar surface area (TPSA) is 104 Å². The fraction of sp³-hybridized carbons (Fsp3) is 0.615. The van der Waals surface area contributed by atoms with Crippen molar-refractivity contribution in [3.05, 3.63) is 36.0 Å². The van der Waals surface area contributed by atoms with Gasteiger partial charge in [0.05, 0.1) is 11.4 Å². The highest BCUT2D eigenvalue weighted by atomic mass is 16.5. The Morgan fingerprint density at radius 3 is 2.46 bits per heavy atom. The van der Waals surface area contributed by atoms with E-state index in [1.807, 2.05) is 18.2 Å². The Labute approximate surface area is 207 Å². The molecule has 9 nitrogen and oxygen atoms in total. The number of carbonyl (C=O) groups is 2. The third-order valence-electron chi connectivity index (χ3n) is 7.17. The quantitative estimate of drug-likeness (QED) is 0.555. The number of aromatic nitrogens is 2. The van der Waals surface area contributed by atoms with Crippen LogP contribution in [0.1, 0.15) is 70.5 Å². The molecule has 0 unspecified atom stereocenters. The Bertz CT molecular complexity index is 990. The second-order valence-electron chi connectivity index (χ2n) is 9.68. The standard InChI is InChI=1S/C26H38N6O3/c1-3-31-16-18-32(19-17-31)22-11-7-6-10-21(22)27-23(34)12-13-24-28-25(30-35-24)26(29-20(2)33)14-8-4-5-9-15-26/h6-7,10-11H,3-5,8-9,12-19H2,1-2H3,(H,27,34)(H,29,33). The summed E-state index contributed by atoms with van der Waals surface area (Å²) in [7, 11) is 0. The lowest BCUT2D eigenvalue weighted by Crippen LogP contribution is -2.46. The number of amides is 2. The van der Waals surface area contributed by atoms with Crippen molar-refractivity contribution < 1.29 is 14.1 Å². The number of piperazine rings is 1. The summed E-state index contributed by atoms with van der Waals surface area (Å²) in [6, 6.07) is 7.97. The fourth-order valence-corrected chi connectivity index (χ4v) is 5.22. The van der Waals surface area contributed by atoms with Crippen LogP contribution in [-0.4, -0.2) is 59.6 Å². The van der Waals surface area contributed by atoms with Crippen molar-refractivity contribution in [1.29, 1.82) is 0 Å². The largest absolute Gasteiger partial charge is 0.367 e. The van der Waals surface area contributed by atoms with Crippen molar-refractivity contribution in [3.8, 4) is 0 Å². The van der Waals surface area contributed by atoms with Crippen LogP contribution in [0.3, 0.4) is 0 Å². The summed E-state index contributed by atoms with van der Waals surface area (Å²) < 4.78 is 5.50. The van der Waals surface area contributed by atoms with Gasteiger partial charge in [0.15, 0.2) is 5.82 Å². The molecule has 2 aromatic rings. The predicted molar refractivity (Wildman–Crippen MR) is 135 cm³/mol. The van der Waals surface area contributed by atoms with Crippen LogP contribution in [0.5, 0.6) is 0 Å². The number of nitrogens with one attached hydrogen (secondary N) is 2. The third kappa shape index (κ3) is 6.39. The summed E-state index contributed by atoms with van der Waals surface area (Å²) in [5, 5.41) is 10.4. The summed E-state index contributed by atoms with van der Waals surface area (Å²) in [5.74, 6) is 0.775. The first kappa shape index (κ1) is 25.2. The summed E-state index contributed by atoms with van der Waals surface area (Å²) in [6.45, 7) is 8.72. The van der Waals surface area contributed by atoms with Crippen molar-refractivity contribution in [2.75, 3.05) is 42.9 Å². The molecule has 2 amide bonds. The average Bonchev–Trinajstić information content (AvgIpc) is 3.23. The zero-order valence-corrected chi connectivity index (χ0v) is 21.0. The van der Waals surface area contributed by atoms with E-state index in [2.05, 4.69) is 43.6 Å². The maximum Gasteiger partial charge on any atom is 0.227 e. The summed E-state index contributed by atoms with van der Waals surface area (Å²) in [6.07, 6.45) is 6.51. The third-order valence-corrected chi connectivity index (χ3v) is 7.17. The van der Waals surface area contributed by atoms with Gasteiger partial charge in [-0.3, -0.25) is 9.59 Å². The van der Waals surface area contributed by atoms with E-state index in [9.17, 15) is 9.59 Å². The van der Waals surface area contributed by atoms with Crippen LogP contribution in [0.15, 0.2) is 28.8 Å². The lowest BCUT2D eigenvalue weighted by Gasteiger charge is -2.36. The van der Waals surface area contributed by atoms with Crippen LogP contribution in [0.4, 0.5) is 11.4 Å². The number of para-hydroxylation sites is 2. The Morgan fingerprint density at radius 2 is 1.77 bits per heavy atom. The molecule has 1 aliphatic heterocycles. The Hall–Kier alpha value is -2.94. The van der Waals surface area contributed by atoms with E-state index in [0.717, 1.165) is 82.6 Å². The molecule has 1 aliphatic carbocycles. The van der Waals surface area contributed by atoms with Gasteiger partial charge in [0, 0.05) is 45.9 Å². The first-order chi connectivity index (χ1) is 17.0. The highest BCUT2D eigenvalue weighted by molar-refractivity contribution is 5.94. The maximum absolute atomic E-state index is 12.8. The SMILES string of the molecule is CCN1CCN(c2ccccc2NC(=O)CCc2nc(C3(NC(C)=O)CCCCCC3)no2)CC1. The van der Waals surface area contributed by atoms with E-state index in [0.29, 0.717) is 18.1 Å². The van der Waals surface area contributed by atoms with Crippen molar-refractivity contribution in [2.45, 2.75) is 70.8 Å². The minimum Gasteiger partial charge on any atom is -0.367 e. The predicted octanol–water partition coefficient (Wildman–Crippen LogP) is 3.47. The van der Waals surface area contributed by atoms with E-state index in [-0.39, 0.29) is 18.2 Å². The minimum absolute atomic E-state index is 0.0876. The van der Waals surface area contributed by atoms with E-state index >= 15 is 0 Å². The van der Waals surface area contributed by atoms with Gasteiger partial charge in [-0.2, -0.15) is 4.98 Å². The molecule has 35 heavy (non-hydrogen) atoms. The molecule has 0 radical (unpaired) electrons. The first-order valence-corrected chi connectivity index (χ1v) is 13.0. The summed E-state index contributed by atoms with van der Waals surface area (Å²) >= 11 is 0. The van der Waals surface area contributed by atoms with Crippen molar-refractivity contribution >= 4 is 23.2 Å². The minimum atomic E-state index is -0.576. The van der Waals surface area contributed by atoms with E-state index in [4.69, 9.17) is 4.52 Å². The van der Waals surface area contributed by atoms with Crippen LogP contribution >= 0.6 is 0 Å². The molecular weight excluding hydrogens is 444 g/mol. The van der Waals surface area contributed by atoms with Crippen molar-refractivity contribution in [1.82, 2.24) is 20.4 Å². The second-order valence-corrected chi connectivity index (χ2v) is 9.68. The zero-order valence-electron chi connectivity index (χ0n) is 21.0. The van der Waals surface area contributed by atoms with Gasteiger partial charge in [-0.1, -0.05) is 49.9 Å². The number of likely N-dealkylation sites (N-methyl/N-ethyl adjacent to an activating group) is 1. The zero-order chi connectivity index (χ0) is 24.7. The molecule has 0 spiro atoms. The van der Waals surface area contributed by atoms with Gasteiger partial charge in [0.2, 0.25) is 17.7 Å². The molecule has 1 aromatic heterocycles. The maximum atomic E-state index is 12.8. The number of hydrogen-bond acceptors (Lipinski definition) is 7. The normalized spacial score (nSPS) is 18.6. The van der Waals surface area contributed by atoms with Gasteiger partial charge >= 0.3 is 0 Å². The van der Waals surface area contributed by atoms with Crippen LogP contribution in [0.2, 0.25) is 0 Å². The molecule has 2 heterocycles. The monoisotopic (exact) mass is 482 g/mol. The second kappa shape index (κ2) is 11.7. The number of rotatable bonds is 8. The Balaban J connectivity index is 1.37. The van der Waals surface area contributed by atoms with Crippen molar-refractivity contribution in [2.24, 2.45) is 0 Å². The average molecular weight is 483 g/mol. The van der Waals surface area contributed by atoms with Crippen molar-refractivity contribution in [3.63, 3.8) is 0 Å². The van der Waals surface area contributed by atoms with Crippen LogP contribution < -0.4 is 15.5 Å². The molecule has 1 saturated carbocycles. The lowest BCUT2D eigenvalue weighted by atomic mass is 9.89. The van der Waals surface area contributed by atoms with Gasteiger partial charge < -0.3 is 25.0 Å². The van der Waals surface area contributed by atoms with Gasteiger partial charge in [-0.05, 0) is 31.5 Å². The Kier molecular flexibility index (Phi) is 8.38. The van der Waals surface area contributed by atoms with Gasteiger partial charge in [0.1, 0.15) is 5.54 Å². The van der Waals surface area contributed by atoms with E-state index in [1.54, 1.807) is 0 Å². The number of carbonyl (C=O) groups excluding carboxylic acids is 2. The Morgan fingerprint density at radius 1 is 1.06 bits per heavy atom. The highest BCUT2D eigenvalue weighted by Crippen LogP contribution is 2.34. The smallest absolute Gasteiger partial charge is 0.227 e. The van der Waals surface area contributed by atoms with Crippen LogP contribution in [-0.2, 0) is 21.5 Å². The number of nitrogens with zero attached hydrogens (tertiary/aromatic N) is 4. The van der Waals surface area contributed by atoms with Crippen LogP contribution in [0, 0.1) is 0 Å². The number of benzene rings is 1. The number of hydrogen-bond donors (Lipinski definition) is 2. The fourth-order valence-electron chi connectivity index (χ4n) is 5.22.